The van der Waals surface area contributed by atoms with Gasteiger partial charge in [-0.1, -0.05) is 13.8 Å². The Morgan fingerprint density at radius 1 is 1.39 bits per heavy atom. The van der Waals surface area contributed by atoms with Crippen LogP contribution in [0.1, 0.15) is 26.7 Å². The molecule has 0 aliphatic carbocycles. The van der Waals surface area contributed by atoms with Crippen molar-refractivity contribution in [3.05, 3.63) is 0 Å². The predicted molar refractivity (Wildman–Crippen MR) is 70.5 cm³/mol. The first-order valence-electron chi connectivity index (χ1n) is 6.43. The highest BCUT2D eigenvalue weighted by atomic mass is 32.2. The summed E-state index contributed by atoms with van der Waals surface area (Å²) in [5, 5.41) is 0. The monoisotopic (exact) mass is 277 g/mol. The Labute approximate surface area is 109 Å². The third-order valence-electron chi connectivity index (χ3n) is 3.37. The van der Waals surface area contributed by atoms with Gasteiger partial charge in [0.2, 0.25) is 15.9 Å². The molecule has 0 aromatic heterocycles. The molecular weight excluding hydrogens is 254 g/mol. The zero-order valence-corrected chi connectivity index (χ0v) is 11.9. The van der Waals surface area contributed by atoms with E-state index in [0.29, 0.717) is 26.2 Å². The van der Waals surface area contributed by atoms with Crippen molar-refractivity contribution in [2.45, 2.75) is 32.7 Å². The zero-order chi connectivity index (χ0) is 13.8. The van der Waals surface area contributed by atoms with E-state index in [4.69, 9.17) is 5.73 Å². The maximum Gasteiger partial charge on any atom is 0.239 e. The average Bonchev–Trinajstić information content (AvgIpc) is 2.77. The van der Waals surface area contributed by atoms with Gasteiger partial charge in [-0.3, -0.25) is 4.79 Å². The molecule has 1 saturated heterocycles. The summed E-state index contributed by atoms with van der Waals surface area (Å²) in [7, 11) is -3.49. The molecule has 106 valence electrons. The highest BCUT2D eigenvalue weighted by Crippen LogP contribution is 2.17. The van der Waals surface area contributed by atoms with Crippen molar-refractivity contribution in [2.75, 3.05) is 31.9 Å². The lowest BCUT2D eigenvalue weighted by atomic mass is 10.2. The van der Waals surface area contributed by atoms with Gasteiger partial charge in [0, 0.05) is 32.2 Å². The van der Waals surface area contributed by atoms with E-state index in [9.17, 15) is 13.2 Å². The minimum absolute atomic E-state index is 0.00408. The molecule has 2 N–H and O–H groups in total. The number of sulfonamides is 1. The lowest BCUT2D eigenvalue weighted by Gasteiger charge is -2.25. The summed E-state index contributed by atoms with van der Waals surface area (Å²) in [6.07, 6.45) is 1.77. The Hall–Kier alpha value is -0.660. The summed E-state index contributed by atoms with van der Waals surface area (Å²) in [4.78, 5) is 13.6. The summed E-state index contributed by atoms with van der Waals surface area (Å²) >= 11 is 0. The SMILES string of the molecule is CCN(CC)S(=O)(=O)CC(=O)N1CCCC1CN. The maximum absolute atomic E-state index is 12.0. The van der Waals surface area contributed by atoms with Gasteiger partial charge in [0.15, 0.2) is 0 Å². The normalized spacial score (nSPS) is 20.7. The van der Waals surface area contributed by atoms with Gasteiger partial charge in [-0.15, -0.1) is 0 Å². The highest BCUT2D eigenvalue weighted by Gasteiger charge is 2.31. The van der Waals surface area contributed by atoms with E-state index in [0.717, 1.165) is 12.8 Å². The molecule has 1 atom stereocenters. The number of carbonyl (C=O) groups is 1. The van der Waals surface area contributed by atoms with Gasteiger partial charge in [-0.2, -0.15) is 0 Å². The molecule has 1 rings (SSSR count). The van der Waals surface area contributed by atoms with E-state index in [1.54, 1.807) is 18.7 Å². The molecule has 0 aromatic carbocycles. The van der Waals surface area contributed by atoms with E-state index in [2.05, 4.69) is 0 Å². The van der Waals surface area contributed by atoms with Gasteiger partial charge in [-0.05, 0) is 12.8 Å². The van der Waals surface area contributed by atoms with Crippen molar-refractivity contribution in [1.82, 2.24) is 9.21 Å². The number of likely N-dealkylation sites (tertiary alicyclic amines) is 1. The first-order chi connectivity index (χ1) is 8.46. The fourth-order valence-electron chi connectivity index (χ4n) is 2.36. The van der Waals surface area contributed by atoms with E-state index in [1.165, 1.54) is 4.31 Å². The molecular formula is C11H23N3O3S. The van der Waals surface area contributed by atoms with Crippen molar-refractivity contribution in [1.29, 1.82) is 0 Å². The maximum atomic E-state index is 12.0. The fraction of sp³-hybridized carbons (Fsp3) is 0.909. The summed E-state index contributed by atoms with van der Waals surface area (Å²) < 4.78 is 25.3. The summed E-state index contributed by atoms with van der Waals surface area (Å²) in [5.41, 5.74) is 5.58. The number of rotatable bonds is 6. The molecule has 0 saturated carbocycles. The van der Waals surface area contributed by atoms with Crippen LogP contribution < -0.4 is 5.73 Å². The third-order valence-corrected chi connectivity index (χ3v) is 5.29. The van der Waals surface area contributed by atoms with Gasteiger partial charge < -0.3 is 10.6 Å². The minimum atomic E-state index is -3.49. The van der Waals surface area contributed by atoms with Gasteiger partial charge in [-0.25, -0.2) is 12.7 Å². The van der Waals surface area contributed by atoms with Crippen LogP contribution >= 0.6 is 0 Å². The molecule has 1 fully saturated rings. The molecule has 7 heteroatoms. The van der Waals surface area contributed by atoms with Crippen molar-refractivity contribution in [3.8, 4) is 0 Å². The van der Waals surface area contributed by atoms with Gasteiger partial charge in [0.05, 0.1) is 0 Å². The molecule has 6 nitrogen and oxygen atoms in total. The lowest BCUT2D eigenvalue weighted by Crippen LogP contribution is -2.45. The largest absolute Gasteiger partial charge is 0.338 e. The Bertz CT molecular complexity index is 379. The number of hydrogen-bond donors (Lipinski definition) is 1. The van der Waals surface area contributed by atoms with E-state index < -0.39 is 15.8 Å². The number of hydrogen-bond acceptors (Lipinski definition) is 4. The van der Waals surface area contributed by atoms with Crippen LogP contribution in [0.5, 0.6) is 0 Å². The molecule has 0 bridgehead atoms. The first-order valence-corrected chi connectivity index (χ1v) is 8.04. The topological polar surface area (TPSA) is 83.7 Å². The standard InChI is InChI=1S/C11H23N3O3S/c1-3-13(4-2)18(16,17)9-11(15)14-7-5-6-10(14)8-12/h10H,3-9,12H2,1-2H3. The zero-order valence-electron chi connectivity index (χ0n) is 11.1. The fourth-order valence-corrected chi connectivity index (χ4v) is 3.80. The second kappa shape index (κ2) is 6.49. The number of nitrogens with two attached hydrogens (primary N) is 1. The van der Waals surface area contributed by atoms with Gasteiger partial charge in [0.1, 0.15) is 5.75 Å². The lowest BCUT2D eigenvalue weighted by molar-refractivity contribution is -0.129. The van der Waals surface area contributed by atoms with Crippen LogP contribution in [0.15, 0.2) is 0 Å². The third kappa shape index (κ3) is 3.43. The smallest absolute Gasteiger partial charge is 0.239 e. The van der Waals surface area contributed by atoms with Gasteiger partial charge >= 0.3 is 0 Å². The van der Waals surface area contributed by atoms with Crippen LogP contribution in [-0.2, 0) is 14.8 Å². The molecule has 0 radical (unpaired) electrons. The Balaban J connectivity index is 2.69. The summed E-state index contributed by atoms with van der Waals surface area (Å²) in [5.74, 6) is -0.764. The Kier molecular flexibility index (Phi) is 5.55. The van der Waals surface area contributed by atoms with Crippen LogP contribution in [0.2, 0.25) is 0 Å². The van der Waals surface area contributed by atoms with Crippen molar-refractivity contribution in [3.63, 3.8) is 0 Å². The molecule has 18 heavy (non-hydrogen) atoms. The molecule has 1 amide bonds. The molecule has 0 spiro atoms. The highest BCUT2D eigenvalue weighted by molar-refractivity contribution is 7.89. The van der Waals surface area contributed by atoms with E-state index in [-0.39, 0.29) is 11.9 Å². The van der Waals surface area contributed by atoms with Crippen LogP contribution in [0.25, 0.3) is 0 Å². The number of nitrogens with zero attached hydrogens (tertiary/aromatic N) is 2. The molecule has 1 unspecified atom stereocenters. The Morgan fingerprint density at radius 3 is 2.50 bits per heavy atom. The summed E-state index contributed by atoms with van der Waals surface area (Å²) in [6, 6.07) is 0.00408. The van der Waals surface area contributed by atoms with Crippen LogP contribution in [0, 0.1) is 0 Å². The van der Waals surface area contributed by atoms with Crippen molar-refractivity contribution < 1.29 is 13.2 Å². The second-order valence-electron chi connectivity index (χ2n) is 4.46. The number of amides is 1. The quantitative estimate of drug-likeness (QED) is 0.716. The molecule has 0 aromatic rings. The van der Waals surface area contributed by atoms with E-state index in [1.807, 2.05) is 0 Å². The first kappa shape index (κ1) is 15.4. The van der Waals surface area contributed by atoms with Crippen molar-refractivity contribution >= 4 is 15.9 Å². The molecule has 1 aliphatic rings. The van der Waals surface area contributed by atoms with Crippen LogP contribution in [0.4, 0.5) is 0 Å². The van der Waals surface area contributed by atoms with Gasteiger partial charge in [0.25, 0.3) is 0 Å². The second-order valence-corrected chi connectivity index (χ2v) is 6.43. The van der Waals surface area contributed by atoms with E-state index >= 15 is 0 Å². The number of carbonyl (C=O) groups excluding carboxylic acids is 1. The van der Waals surface area contributed by atoms with Crippen LogP contribution in [-0.4, -0.2) is 61.5 Å². The molecule has 1 aliphatic heterocycles. The summed E-state index contributed by atoms with van der Waals surface area (Å²) in [6.45, 7) is 5.35. The Morgan fingerprint density at radius 2 is 2.00 bits per heavy atom. The molecule has 1 heterocycles. The van der Waals surface area contributed by atoms with Crippen molar-refractivity contribution in [2.24, 2.45) is 5.73 Å². The average molecular weight is 277 g/mol. The predicted octanol–water partition coefficient (Wildman–Crippen LogP) is -0.392. The van der Waals surface area contributed by atoms with Crippen LogP contribution in [0.3, 0.4) is 0 Å². The minimum Gasteiger partial charge on any atom is -0.338 e.